The van der Waals surface area contributed by atoms with Crippen LogP contribution in [0.4, 0.5) is 0 Å². The van der Waals surface area contributed by atoms with Crippen LogP contribution in [0, 0.1) is 15.3 Å². The van der Waals surface area contributed by atoms with Crippen LogP contribution < -0.4 is 11.7 Å². The Morgan fingerprint density at radius 3 is 1.25 bits per heavy atom. The van der Waals surface area contributed by atoms with E-state index in [0.29, 0.717) is 0 Å². The van der Waals surface area contributed by atoms with E-state index in [2.05, 4.69) is 11.7 Å². The van der Waals surface area contributed by atoms with Crippen molar-refractivity contribution in [2.75, 3.05) is 0 Å². The van der Waals surface area contributed by atoms with Crippen LogP contribution in [0.1, 0.15) is 0 Å². The fourth-order valence-electron chi connectivity index (χ4n) is 0. The van der Waals surface area contributed by atoms with Gasteiger partial charge in [0.25, 0.3) is 0 Å². The van der Waals surface area contributed by atoms with Gasteiger partial charge in [-0.3, -0.25) is 11.7 Å². The molecule has 0 heterocycles. The monoisotopic (exact) mass is 219 g/mol. The summed E-state index contributed by atoms with van der Waals surface area (Å²) in [6, 6.07) is 0. The van der Waals surface area contributed by atoms with Gasteiger partial charge in [0, 0.05) is 0 Å². The second-order valence-electron chi connectivity index (χ2n) is 0.224. The smallest absolute Gasteiger partial charge is 0.412 e. The molecular weight excluding hydrogens is 214 g/mol. The molecule has 0 rings (SSSR count). The third kappa shape index (κ3) is 4190. The normalized spacial score (nSPS) is 3.75. The van der Waals surface area contributed by atoms with Crippen molar-refractivity contribution in [1.82, 2.24) is 0 Å². The molecule has 0 spiro atoms. The number of hydrogen-bond donors (Lipinski definition) is 2. The molecule has 0 atom stereocenters. The predicted molar refractivity (Wildman–Crippen MR) is 22.4 cm³/mol. The summed E-state index contributed by atoms with van der Waals surface area (Å²) < 4.78 is 0. The Morgan fingerprint density at radius 1 is 1.25 bits per heavy atom. The van der Waals surface area contributed by atoms with Crippen LogP contribution in [0.5, 0.6) is 0 Å². The Morgan fingerprint density at radius 2 is 1.25 bits per heavy atom. The Hall–Kier alpha value is -0.180. The SMILES string of the molecule is NN.O.O=[N+]([O-])[O-].[Ag+]. The maximum Gasteiger partial charge on any atom is 1.00 e. The van der Waals surface area contributed by atoms with Crippen LogP contribution in [0.15, 0.2) is 0 Å². The van der Waals surface area contributed by atoms with Crippen LogP contribution in [-0.2, 0) is 22.4 Å². The minimum absolute atomic E-state index is 0. The fraction of sp³-hybridized carbons (Fsp3) is 0. The number of rotatable bonds is 0. The van der Waals surface area contributed by atoms with Gasteiger partial charge >= 0.3 is 22.4 Å². The molecule has 0 aromatic rings. The van der Waals surface area contributed by atoms with E-state index in [0.717, 1.165) is 0 Å². The first-order valence-corrected chi connectivity index (χ1v) is 0.881. The Kier molecular flexibility index (Phi) is 90.5. The summed E-state index contributed by atoms with van der Waals surface area (Å²) in [7, 11) is 0. The Balaban J connectivity index is -0.0000000183. The first-order chi connectivity index (χ1) is 2.73. The average Bonchev–Trinajstić information content (AvgIpc) is 1.41. The van der Waals surface area contributed by atoms with Gasteiger partial charge in [-0.05, 0) is 0 Å². The van der Waals surface area contributed by atoms with Gasteiger partial charge in [0.1, 0.15) is 0 Å². The number of nitrogens with zero attached hydrogens (tertiary/aromatic N) is 1. The molecular formula is H6AgN3O4. The average molecular weight is 220 g/mol. The molecule has 8 heavy (non-hydrogen) atoms. The molecule has 0 amide bonds. The van der Waals surface area contributed by atoms with Gasteiger partial charge in [-0.15, -0.1) is 0 Å². The molecule has 0 bridgehead atoms. The van der Waals surface area contributed by atoms with Crippen LogP contribution >= 0.6 is 0 Å². The summed E-state index contributed by atoms with van der Waals surface area (Å²) in [6.45, 7) is 0. The summed E-state index contributed by atoms with van der Waals surface area (Å²) >= 11 is 0. The van der Waals surface area contributed by atoms with E-state index in [-0.39, 0.29) is 27.9 Å². The second kappa shape index (κ2) is 29.0. The van der Waals surface area contributed by atoms with E-state index >= 15 is 0 Å². The van der Waals surface area contributed by atoms with Gasteiger partial charge in [0.15, 0.2) is 0 Å². The van der Waals surface area contributed by atoms with Gasteiger partial charge in [-0.25, -0.2) is 0 Å². The van der Waals surface area contributed by atoms with Crippen molar-refractivity contribution in [1.29, 1.82) is 0 Å². The molecule has 56 valence electrons. The molecule has 0 saturated carbocycles. The van der Waals surface area contributed by atoms with Crippen LogP contribution in [0.3, 0.4) is 0 Å². The summed E-state index contributed by atoms with van der Waals surface area (Å²) in [5, 5.41) is 14.8. The maximum absolute atomic E-state index is 8.25. The zero-order chi connectivity index (χ0) is 5.58. The zero-order valence-corrected chi connectivity index (χ0v) is 5.11. The molecule has 0 aromatic heterocycles. The van der Waals surface area contributed by atoms with Gasteiger partial charge in [0.05, 0.1) is 5.09 Å². The van der Waals surface area contributed by atoms with E-state index in [1.165, 1.54) is 0 Å². The largest absolute Gasteiger partial charge is 1.00 e. The van der Waals surface area contributed by atoms with Crippen LogP contribution in [0.25, 0.3) is 0 Å². The molecule has 0 aliphatic rings. The van der Waals surface area contributed by atoms with Gasteiger partial charge < -0.3 is 20.8 Å². The molecule has 6 N–H and O–H groups in total. The van der Waals surface area contributed by atoms with E-state index in [9.17, 15) is 0 Å². The summed E-state index contributed by atoms with van der Waals surface area (Å²) in [6.07, 6.45) is 0. The molecule has 0 aliphatic heterocycles. The zero-order valence-electron chi connectivity index (χ0n) is 3.63. The summed E-state index contributed by atoms with van der Waals surface area (Å²) in [5.41, 5.74) is 0. The first-order valence-electron chi connectivity index (χ1n) is 0.881. The van der Waals surface area contributed by atoms with Gasteiger partial charge in [0.2, 0.25) is 0 Å². The van der Waals surface area contributed by atoms with Crippen molar-refractivity contribution in [3.63, 3.8) is 0 Å². The third-order valence-electron chi connectivity index (χ3n) is 0. The van der Waals surface area contributed by atoms with E-state index in [1.807, 2.05) is 0 Å². The standard InChI is InChI=1S/Ag.H4N2.NO3.H2O/c;1-2;2-1(3)4;/h;1-2H2;;1H2/q+1;;-1;. The second-order valence-corrected chi connectivity index (χ2v) is 0.224. The van der Waals surface area contributed by atoms with Crippen molar-refractivity contribution in [3.8, 4) is 0 Å². The fourth-order valence-corrected chi connectivity index (χ4v) is 0. The third-order valence-corrected chi connectivity index (χ3v) is 0. The quantitative estimate of drug-likeness (QED) is 0.204. The minimum atomic E-state index is -1.75. The van der Waals surface area contributed by atoms with Crippen LogP contribution in [0.2, 0.25) is 0 Å². The summed E-state index contributed by atoms with van der Waals surface area (Å²) in [5.74, 6) is 8.00. The Labute approximate surface area is 60.5 Å². The number of nitrogens with two attached hydrogens (primary N) is 2. The molecule has 0 radical (unpaired) electrons. The number of hydrazine groups is 1. The maximum atomic E-state index is 8.25. The molecule has 0 aliphatic carbocycles. The number of hydrogen-bond acceptors (Lipinski definition) is 5. The van der Waals surface area contributed by atoms with Gasteiger partial charge in [-0.1, -0.05) is 0 Å². The van der Waals surface area contributed by atoms with Crippen molar-refractivity contribution >= 4 is 0 Å². The Bertz CT molecular complexity index is 34.3. The molecule has 7 nitrogen and oxygen atoms in total. The van der Waals surface area contributed by atoms with Crippen molar-refractivity contribution in [2.24, 2.45) is 11.7 Å². The molecule has 0 saturated heterocycles. The van der Waals surface area contributed by atoms with E-state index in [1.54, 1.807) is 0 Å². The minimum Gasteiger partial charge on any atom is -0.412 e. The van der Waals surface area contributed by atoms with Crippen molar-refractivity contribution in [3.05, 3.63) is 15.3 Å². The van der Waals surface area contributed by atoms with Gasteiger partial charge in [-0.2, -0.15) is 0 Å². The van der Waals surface area contributed by atoms with Crippen LogP contribution in [-0.4, -0.2) is 10.6 Å². The molecule has 8 heteroatoms. The predicted octanol–water partition coefficient (Wildman–Crippen LogP) is -2.25. The molecule has 0 fully saturated rings. The van der Waals surface area contributed by atoms with E-state index < -0.39 is 5.09 Å². The first kappa shape index (κ1) is 24.9. The topological polar surface area (TPSA) is 150 Å². The van der Waals surface area contributed by atoms with E-state index in [4.69, 9.17) is 15.3 Å². The van der Waals surface area contributed by atoms with Crippen molar-refractivity contribution < 1.29 is 32.9 Å². The molecule has 0 unspecified atom stereocenters. The molecule has 0 aromatic carbocycles. The van der Waals surface area contributed by atoms with Crippen molar-refractivity contribution in [2.45, 2.75) is 0 Å². The summed E-state index contributed by atoms with van der Waals surface area (Å²) in [4.78, 5) is 8.25.